The molecule has 0 fully saturated rings. The van der Waals surface area contributed by atoms with Gasteiger partial charge in [-0.25, -0.2) is 24.3 Å². The largest absolute Gasteiger partial charge is 0.358 e. The fraction of sp³-hybridized carbons (Fsp3) is 0.0952. The summed E-state index contributed by atoms with van der Waals surface area (Å²) in [5.74, 6) is 0.153. The molecule has 0 amide bonds. The lowest BCUT2D eigenvalue weighted by molar-refractivity contribution is 0.629. The second kappa shape index (κ2) is 7.85. The van der Waals surface area contributed by atoms with Gasteiger partial charge in [0.25, 0.3) is 5.56 Å². The second-order valence-corrected chi connectivity index (χ2v) is 7.85. The van der Waals surface area contributed by atoms with Gasteiger partial charge in [-0.1, -0.05) is 29.3 Å². The number of nitrogens with zero attached hydrogens (tertiary/aromatic N) is 5. The van der Waals surface area contributed by atoms with Gasteiger partial charge in [-0.05, 0) is 37.3 Å². The van der Waals surface area contributed by atoms with Crippen LogP contribution in [0.2, 0.25) is 10.0 Å². The van der Waals surface area contributed by atoms with Gasteiger partial charge in [0, 0.05) is 5.02 Å². The first kappa shape index (κ1) is 20.3. The molecule has 0 aliphatic rings. The van der Waals surface area contributed by atoms with Crippen LogP contribution in [-0.2, 0) is 0 Å². The number of aromatic amines is 1. The number of hydrogen-bond donors (Lipinski definition) is 2. The molecule has 5 rings (SSSR count). The third-order valence-corrected chi connectivity index (χ3v) is 5.59. The minimum absolute atomic E-state index is 0.0133. The summed E-state index contributed by atoms with van der Waals surface area (Å²) in [6.45, 7) is 1.82. The van der Waals surface area contributed by atoms with Crippen molar-refractivity contribution in [1.82, 2.24) is 29.5 Å². The number of halogens is 3. The third kappa shape index (κ3) is 3.35. The minimum Gasteiger partial charge on any atom is -0.358 e. The number of anilines is 1. The summed E-state index contributed by atoms with van der Waals surface area (Å²) >= 11 is 12.3. The zero-order valence-electron chi connectivity index (χ0n) is 16.5. The number of benzene rings is 2. The maximum Gasteiger partial charge on any atom is 0.267 e. The van der Waals surface area contributed by atoms with Crippen LogP contribution in [0.4, 0.5) is 10.2 Å². The molecular formula is C21H14Cl2FN7O. The monoisotopic (exact) mass is 469 g/mol. The van der Waals surface area contributed by atoms with Crippen molar-refractivity contribution in [3.8, 4) is 5.69 Å². The zero-order chi connectivity index (χ0) is 22.4. The van der Waals surface area contributed by atoms with Crippen LogP contribution < -0.4 is 10.9 Å². The van der Waals surface area contributed by atoms with Gasteiger partial charge < -0.3 is 10.3 Å². The number of nitrogens with one attached hydrogen (secondary N) is 2. The van der Waals surface area contributed by atoms with Gasteiger partial charge in [-0.3, -0.25) is 9.36 Å². The Morgan fingerprint density at radius 1 is 1.16 bits per heavy atom. The molecule has 2 aromatic carbocycles. The number of aromatic nitrogens is 6. The van der Waals surface area contributed by atoms with Crippen molar-refractivity contribution in [3.63, 3.8) is 0 Å². The molecule has 0 unspecified atom stereocenters. The van der Waals surface area contributed by atoms with Crippen LogP contribution in [0.3, 0.4) is 0 Å². The molecule has 8 nitrogen and oxygen atoms in total. The van der Waals surface area contributed by atoms with Crippen LogP contribution in [0.5, 0.6) is 0 Å². The Morgan fingerprint density at radius 3 is 2.81 bits per heavy atom. The summed E-state index contributed by atoms with van der Waals surface area (Å²) in [6, 6.07) is 8.84. The van der Waals surface area contributed by atoms with Gasteiger partial charge >= 0.3 is 0 Å². The van der Waals surface area contributed by atoms with Crippen LogP contribution in [0.1, 0.15) is 18.8 Å². The molecule has 0 radical (unpaired) electrons. The van der Waals surface area contributed by atoms with Crippen molar-refractivity contribution in [2.45, 2.75) is 13.0 Å². The average molecular weight is 470 g/mol. The van der Waals surface area contributed by atoms with Crippen LogP contribution in [-0.4, -0.2) is 29.5 Å². The molecule has 2 N–H and O–H groups in total. The van der Waals surface area contributed by atoms with E-state index in [1.807, 2.05) is 6.92 Å². The van der Waals surface area contributed by atoms with Gasteiger partial charge in [0.2, 0.25) is 0 Å². The molecule has 0 bridgehead atoms. The van der Waals surface area contributed by atoms with E-state index in [1.165, 1.54) is 29.4 Å². The van der Waals surface area contributed by atoms with E-state index < -0.39 is 17.4 Å². The summed E-state index contributed by atoms with van der Waals surface area (Å²) in [5.41, 5.74) is 1.34. The smallest absolute Gasteiger partial charge is 0.267 e. The first-order valence-electron chi connectivity index (χ1n) is 9.51. The predicted molar refractivity (Wildman–Crippen MR) is 121 cm³/mol. The van der Waals surface area contributed by atoms with Crippen molar-refractivity contribution in [2.24, 2.45) is 0 Å². The molecule has 5 aromatic rings. The molecule has 0 spiro atoms. The molecule has 0 aliphatic heterocycles. The van der Waals surface area contributed by atoms with Crippen LogP contribution in [0, 0.1) is 5.82 Å². The Kier molecular flexibility index (Phi) is 4.99. The van der Waals surface area contributed by atoms with E-state index >= 15 is 0 Å². The standard InChI is InChI=1S/C21H14Cl2FN7O/c1-10(29-19-17-18(26-8-25-17)27-9-28-19)20-30-14-6-5-13(24)16(23)15(14)21(32)31(20)12-4-2-3-11(22)7-12/h2-10H,1H3,(H2,25,26,27,28,29)/t10-/m0/s1. The molecule has 0 saturated carbocycles. The van der Waals surface area contributed by atoms with Crippen molar-refractivity contribution in [2.75, 3.05) is 5.32 Å². The highest BCUT2D eigenvalue weighted by molar-refractivity contribution is 6.35. The maximum atomic E-state index is 14.1. The molecule has 0 aliphatic carbocycles. The van der Waals surface area contributed by atoms with Crippen LogP contribution >= 0.6 is 23.2 Å². The van der Waals surface area contributed by atoms with Crippen molar-refractivity contribution < 1.29 is 4.39 Å². The number of H-pyrrole nitrogens is 1. The summed E-state index contributed by atoms with van der Waals surface area (Å²) in [4.78, 5) is 33.7. The maximum absolute atomic E-state index is 14.1. The van der Waals surface area contributed by atoms with E-state index in [0.717, 1.165) is 0 Å². The fourth-order valence-corrected chi connectivity index (χ4v) is 3.95. The van der Waals surface area contributed by atoms with E-state index in [4.69, 9.17) is 23.2 Å². The SMILES string of the molecule is C[C@H](Nc1ncnc2nc[nH]c12)c1nc2ccc(F)c(Cl)c2c(=O)n1-c1cccc(Cl)c1. The molecular weight excluding hydrogens is 456 g/mol. The number of rotatable bonds is 4. The van der Waals surface area contributed by atoms with Gasteiger partial charge in [-0.15, -0.1) is 0 Å². The Balaban J connectivity index is 1.74. The first-order chi connectivity index (χ1) is 15.4. The van der Waals surface area contributed by atoms with E-state index in [1.54, 1.807) is 24.3 Å². The van der Waals surface area contributed by atoms with E-state index in [2.05, 4.69) is 30.2 Å². The lowest BCUT2D eigenvalue weighted by Gasteiger charge is -2.20. The van der Waals surface area contributed by atoms with Gasteiger partial charge in [0.05, 0.1) is 34.0 Å². The topological polar surface area (TPSA) is 101 Å². The Labute approximate surface area is 190 Å². The quantitative estimate of drug-likeness (QED) is 0.396. The number of fused-ring (bicyclic) bond motifs is 2. The van der Waals surface area contributed by atoms with E-state index in [0.29, 0.717) is 33.5 Å². The molecule has 3 heterocycles. The predicted octanol–water partition coefficient (Wildman–Crippen LogP) is 4.67. The van der Waals surface area contributed by atoms with Crippen molar-refractivity contribution >= 4 is 51.1 Å². The molecule has 1 atom stereocenters. The Morgan fingerprint density at radius 2 is 2.00 bits per heavy atom. The summed E-state index contributed by atoms with van der Waals surface area (Å²) in [7, 11) is 0. The lowest BCUT2D eigenvalue weighted by Crippen LogP contribution is -2.27. The molecule has 0 saturated heterocycles. The van der Waals surface area contributed by atoms with Gasteiger partial charge in [0.15, 0.2) is 11.5 Å². The molecule has 32 heavy (non-hydrogen) atoms. The normalized spacial score (nSPS) is 12.4. The van der Waals surface area contributed by atoms with Gasteiger partial charge in [-0.2, -0.15) is 0 Å². The van der Waals surface area contributed by atoms with E-state index in [-0.39, 0.29) is 15.9 Å². The zero-order valence-corrected chi connectivity index (χ0v) is 18.0. The number of imidazole rings is 1. The minimum atomic E-state index is -0.697. The Hall–Kier alpha value is -3.56. The fourth-order valence-electron chi connectivity index (χ4n) is 3.53. The summed E-state index contributed by atoms with van der Waals surface area (Å²) in [6.07, 6.45) is 2.90. The summed E-state index contributed by atoms with van der Waals surface area (Å²) < 4.78 is 15.5. The highest BCUT2D eigenvalue weighted by atomic mass is 35.5. The van der Waals surface area contributed by atoms with Crippen molar-refractivity contribution in [3.05, 3.63) is 81.1 Å². The third-order valence-electron chi connectivity index (χ3n) is 4.98. The van der Waals surface area contributed by atoms with Crippen LogP contribution in [0.15, 0.2) is 53.8 Å². The lowest BCUT2D eigenvalue weighted by atomic mass is 10.2. The van der Waals surface area contributed by atoms with Crippen LogP contribution in [0.25, 0.3) is 27.8 Å². The molecule has 3 aromatic heterocycles. The molecule has 160 valence electrons. The molecule has 11 heteroatoms. The summed E-state index contributed by atoms with van der Waals surface area (Å²) in [5, 5.41) is 3.38. The highest BCUT2D eigenvalue weighted by Gasteiger charge is 2.22. The van der Waals surface area contributed by atoms with E-state index in [9.17, 15) is 9.18 Å². The average Bonchev–Trinajstić information content (AvgIpc) is 3.26. The number of hydrogen-bond acceptors (Lipinski definition) is 6. The highest BCUT2D eigenvalue weighted by Crippen LogP contribution is 2.27. The van der Waals surface area contributed by atoms with Crippen molar-refractivity contribution in [1.29, 1.82) is 0 Å². The van der Waals surface area contributed by atoms with Gasteiger partial charge in [0.1, 0.15) is 23.5 Å². The first-order valence-corrected chi connectivity index (χ1v) is 10.3. The second-order valence-electron chi connectivity index (χ2n) is 7.04. The Bertz CT molecular complexity index is 1550.